The third-order valence-electron chi connectivity index (χ3n) is 3.07. The molecule has 0 fully saturated rings. The van der Waals surface area contributed by atoms with Gasteiger partial charge in [0.05, 0.1) is 12.4 Å². The molecule has 0 radical (unpaired) electrons. The van der Waals surface area contributed by atoms with Crippen LogP contribution in [0.3, 0.4) is 0 Å². The number of amides is 1. The lowest BCUT2D eigenvalue weighted by atomic mass is 10.4. The van der Waals surface area contributed by atoms with Gasteiger partial charge in [-0.3, -0.25) is 4.79 Å². The van der Waals surface area contributed by atoms with E-state index >= 15 is 0 Å². The fraction of sp³-hybridized carbons (Fsp3) is 0.389. The van der Waals surface area contributed by atoms with Gasteiger partial charge in [0.25, 0.3) is 0 Å². The van der Waals surface area contributed by atoms with Gasteiger partial charge in [-0.05, 0) is 37.8 Å². The number of hydrogen-bond acceptors (Lipinski definition) is 6. The maximum Gasteiger partial charge on any atom is 0.233 e. The summed E-state index contributed by atoms with van der Waals surface area (Å²) in [4.78, 5) is 16.4. The van der Waals surface area contributed by atoms with Gasteiger partial charge < -0.3 is 15.0 Å². The Morgan fingerprint density at radius 1 is 1.36 bits per heavy atom. The van der Waals surface area contributed by atoms with Gasteiger partial charge in [0.2, 0.25) is 5.91 Å². The average Bonchev–Trinajstić information content (AvgIpc) is 3.22. The molecule has 0 aliphatic heterocycles. The Hall–Kier alpha value is -1.28. The predicted octanol–water partition coefficient (Wildman–Crippen LogP) is 4.20. The normalized spacial score (nSPS) is 11.3. The largest absolute Gasteiger partial charge is 0.492 e. The SMILES string of the molecule is CN(C)Cc1cc(OCC/C=C\NC(=O)CSCc2cccs2)cs1. The molecule has 1 N–H and O–H groups in total. The minimum Gasteiger partial charge on any atom is -0.492 e. The lowest BCUT2D eigenvalue weighted by Crippen LogP contribution is -2.19. The van der Waals surface area contributed by atoms with Crippen molar-refractivity contribution in [3.8, 4) is 5.75 Å². The van der Waals surface area contributed by atoms with Crippen molar-refractivity contribution in [2.75, 3.05) is 26.5 Å². The number of ether oxygens (including phenoxy) is 1. The minimum atomic E-state index is 0.0323. The van der Waals surface area contributed by atoms with Crippen molar-refractivity contribution < 1.29 is 9.53 Å². The van der Waals surface area contributed by atoms with Crippen molar-refractivity contribution in [2.24, 2.45) is 0 Å². The molecule has 0 aliphatic carbocycles. The van der Waals surface area contributed by atoms with E-state index in [1.165, 1.54) is 9.75 Å². The number of carbonyl (C=O) groups is 1. The van der Waals surface area contributed by atoms with Crippen LogP contribution < -0.4 is 10.1 Å². The van der Waals surface area contributed by atoms with Crippen LogP contribution in [0.1, 0.15) is 16.2 Å². The van der Waals surface area contributed by atoms with E-state index in [0.717, 1.165) is 24.5 Å². The molecule has 2 aromatic heterocycles. The Balaban J connectivity index is 1.52. The summed E-state index contributed by atoms with van der Waals surface area (Å²) in [6, 6.07) is 6.21. The van der Waals surface area contributed by atoms with Crippen LogP contribution in [0.4, 0.5) is 0 Å². The van der Waals surface area contributed by atoms with Gasteiger partial charge in [0.15, 0.2) is 0 Å². The van der Waals surface area contributed by atoms with Crippen LogP contribution in [0.25, 0.3) is 0 Å². The van der Waals surface area contributed by atoms with Crippen molar-refractivity contribution >= 4 is 40.3 Å². The number of rotatable bonds is 11. The van der Waals surface area contributed by atoms with Crippen LogP contribution in [0.15, 0.2) is 41.2 Å². The van der Waals surface area contributed by atoms with E-state index in [9.17, 15) is 4.79 Å². The number of nitrogens with zero attached hydrogens (tertiary/aromatic N) is 1. The molecule has 2 aromatic rings. The Morgan fingerprint density at radius 3 is 3.00 bits per heavy atom. The summed E-state index contributed by atoms with van der Waals surface area (Å²) in [5.74, 6) is 2.32. The zero-order valence-corrected chi connectivity index (χ0v) is 17.0. The molecular formula is C18H24N2O2S3. The van der Waals surface area contributed by atoms with Gasteiger partial charge in [-0.15, -0.1) is 34.4 Å². The fourth-order valence-electron chi connectivity index (χ4n) is 1.99. The lowest BCUT2D eigenvalue weighted by molar-refractivity contribution is -0.117. The van der Waals surface area contributed by atoms with Gasteiger partial charge >= 0.3 is 0 Å². The molecule has 1 amide bonds. The molecule has 136 valence electrons. The first-order chi connectivity index (χ1) is 12.1. The molecule has 25 heavy (non-hydrogen) atoms. The molecule has 0 spiro atoms. The molecule has 7 heteroatoms. The standard InChI is InChI=1S/C18H24N2O2S3/c1-20(2)11-17-10-15(12-25-17)22-8-4-3-7-19-18(21)14-23-13-16-6-5-9-24-16/h3,5-7,9-10,12H,4,8,11,13-14H2,1-2H3,(H,19,21)/b7-3-. The Labute approximate surface area is 161 Å². The van der Waals surface area contributed by atoms with Crippen molar-refractivity contribution in [1.82, 2.24) is 10.2 Å². The first kappa shape index (κ1) is 20.0. The van der Waals surface area contributed by atoms with E-state index in [0.29, 0.717) is 12.4 Å². The van der Waals surface area contributed by atoms with Crippen LogP contribution >= 0.6 is 34.4 Å². The summed E-state index contributed by atoms with van der Waals surface area (Å²) in [6.45, 7) is 1.54. The van der Waals surface area contributed by atoms with E-state index in [4.69, 9.17) is 4.74 Å². The Kier molecular flexibility index (Phi) is 9.10. The monoisotopic (exact) mass is 396 g/mol. The topological polar surface area (TPSA) is 41.6 Å². The van der Waals surface area contributed by atoms with Gasteiger partial charge in [0, 0.05) is 33.9 Å². The third-order valence-corrected chi connectivity index (χ3v) is 6.02. The fourth-order valence-corrected chi connectivity index (χ4v) is 4.59. The van der Waals surface area contributed by atoms with Crippen LogP contribution in [0.5, 0.6) is 5.75 Å². The highest BCUT2D eigenvalue weighted by molar-refractivity contribution is 7.99. The smallest absolute Gasteiger partial charge is 0.233 e. The van der Waals surface area contributed by atoms with Crippen LogP contribution in [0.2, 0.25) is 0 Å². The number of thioether (sulfide) groups is 1. The van der Waals surface area contributed by atoms with E-state index in [1.54, 1.807) is 40.6 Å². The molecule has 0 saturated heterocycles. The van der Waals surface area contributed by atoms with Gasteiger partial charge in [0.1, 0.15) is 5.75 Å². The third kappa shape index (κ3) is 8.58. The summed E-state index contributed by atoms with van der Waals surface area (Å²) in [5, 5.41) is 6.88. The minimum absolute atomic E-state index is 0.0323. The van der Waals surface area contributed by atoms with Crippen LogP contribution in [-0.2, 0) is 17.1 Å². The highest BCUT2D eigenvalue weighted by Crippen LogP contribution is 2.22. The Morgan fingerprint density at radius 2 is 2.24 bits per heavy atom. The van der Waals surface area contributed by atoms with E-state index in [-0.39, 0.29) is 5.91 Å². The number of thiophene rings is 2. The summed E-state index contributed by atoms with van der Waals surface area (Å²) in [5.41, 5.74) is 0. The molecule has 0 saturated carbocycles. The summed E-state index contributed by atoms with van der Waals surface area (Å²) in [7, 11) is 4.11. The second-order valence-corrected chi connectivity index (χ2v) is 8.68. The molecule has 0 bridgehead atoms. The molecule has 2 rings (SSSR count). The van der Waals surface area contributed by atoms with Crippen LogP contribution in [-0.4, -0.2) is 37.3 Å². The zero-order chi connectivity index (χ0) is 17.9. The Bertz CT molecular complexity index is 651. The lowest BCUT2D eigenvalue weighted by Gasteiger charge is -2.06. The molecule has 0 atom stereocenters. The molecule has 0 aliphatic rings. The average molecular weight is 397 g/mol. The summed E-state index contributed by atoms with van der Waals surface area (Å²) in [6.07, 6.45) is 4.40. The van der Waals surface area contributed by atoms with Crippen molar-refractivity contribution in [3.63, 3.8) is 0 Å². The molecule has 2 heterocycles. The molecule has 4 nitrogen and oxygen atoms in total. The highest BCUT2D eigenvalue weighted by Gasteiger charge is 2.02. The van der Waals surface area contributed by atoms with Crippen molar-refractivity contribution in [3.05, 3.63) is 51.0 Å². The van der Waals surface area contributed by atoms with Crippen molar-refractivity contribution in [2.45, 2.75) is 18.7 Å². The summed E-state index contributed by atoms with van der Waals surface area (Å²) < 4.78 is 5.71. The maximum absolute atomic E-state index is 11.7. The van der Waals surface area contributed by atoms with Gasteiger partial charge in [-0.25, -0.2) is 0 Å². The first-order valence-electron chi connectivity index (χ1n) is 8.03. The highest BCUT2D eigenvalue weighted by atomic mass is 32.2. The molecule has 0 aromatic carbocycles. The number of hydrogen-bond donors (Lipinski definition) is 1. The quantitative estimate of drug-likeness (QED) is 0.578. The van der Waals surface area contributed by atoms with Gasteiger partial charge in [-0.1, -0.05) is 12.1 Å². The summed E-state index contributed by atoms with van der Waals surface area (Å²) >= 11 is 5.06. The number of nitrogens with one attached hydrogen (secondary N) is 1. The molecular weight excluding hydrogens is 372 g/mol. The van der Waals surface area contributed by atoms with Crippen LogP contribution in [0, 0.1) is 0 Å². The van der Waals surface area contributed by atoms with E-state index < -0.39 is 0 Å². The second-order valence-electron chi connectivity index (χ2n) is 5.67. The first-order valence-corrected chi connectivity index (χ1v) is 10.9. The second kappa shape index (κ2) is 11.4. The predicted molar refractivity (Wildman–Crippen MR) is 110 cm³/mol. The van der Waals surface area contributed by atoms with Gasteiger partial charge in [-0.2, -0.15) is 0 Å². The van der Waals surface area contributed by atoms with Crippen molar-refractivity contribution in [1.29, 1.82) is 0 Å². The van der Waals surface area contributed by atoms with E-state index in [1.807, 2.05) is 17.5 Å². The maximum atomic E-state index is 11.7. The molecule has 0 unspecified atom stereocenters. The van der Waals surface area contributed by atoms with E-state index in [2.05, 4.69) is 41.8 Å². The number of carbonyl (C=O) groups excluding carboxylic acids is 1. The zero-order valence-electron chi connectivity index (χ0n) is 14.6.